The lowest BCUT2D eigenvalue weighted by atomic mass is 10.0. The largest absolute Gasteiger partial charge is 0.306 e. The summed E-state index contributed by atoms with van der Waals surface area (Å²) in [6.45, 7) is 6.22. The second kappa shape index (κ2) is 7.46. The molecule has 1 aromatic heterocycles. The van der Waals surface area contributed by atoms with Crippen LogP contribution < -0.4 is 5.32 Å². The Labute approximate surface area is 162 Å². The Hall–Kier alpha value is -2.40. The molecule has 0 saturated heterocycles. The lowest BCUT2D eigenvalue weighted by Gasteiger charge is -2.10. The molecule has 0 fully saturated rings. The summed E-state index contributed by atoms with van der Waals surface area (Å²) in [6.07, 6.45) is 0. The fraction of sp³-hybridized carbons (Fsp3) is 0.238. The molecular formula is C21H22BrN3O. The lowest BCUT2D eigenvalue weighted by molar-refractivity contribution is 0.102. The molecule has 134 valence electrons. The molecule has 1 N–H and O–H groups in total. The number of carbonyl (C=O) groups excluding carboxylic acids is 1. The standard InChI is InChI=1S/C21H22BrN3O/c1-13(2)15-5-7-17(8-6-15)21(26)23-20-19(14(3)24-25(20)4)16-9-11-18(22)12-10-16/h5-13H,1-4H3,(H,23,26). The third-order valence-corrected chi connectivity index (χ3v) is 4.96. The Morgan fingerprint density at radius 2 is 1.69 bits per heavy atom. The zero-order valence-electron chi connectivity index (χ0n) is 15.4. The Balaban J connectivity index is 1.92. The average molecular weight is 412 g/mol. The molecule has 0 aliphatic rings. The third-order valence-electron chi connectivity index (χ3n) is 4.43. The highest BCUT2D eigenvalue weighted by atomic mass is 79.9. The van der Waals surface area contributed by atoms with E-state index in [-0.39, 0.29) is 5.91 Å². The first-order chi connectivity index (χ1) is 12.4. The van der Waals surface area contributed by atoms with Gasteiger partial charge in [-0.1, -0.05) is 54.0 Å². The molecule has 26 heavy (non-hydrogen) atoms. The van der Waals surface area contributed by atoms with Gasteiger partial charge in [0, 0.05) is 22.6 Å². The Morgan fingerprint density at radius 1 is 1.08 bits per heavy atom. The molecule has 0 spiro atoms. The first kappa shape index (κ1) is 18.4. The summed E-state index contributed by atoms with van der Waals surface area (Å²) in [5.41, 5.74) is 4.68. The maximum atomic E-state index is 12.7. The van der Waals surface area contributed by atoms with E-state index in [2.05, 4.69) is 40.2 Å². The van der Waals surface area contributed by atoms with Crippen molar-refractivity contribution in [2.24, 2.45) is 7.05 Å². The molecule has 2 aromatic carbocycles. The second-order valence-electron chi connectivity index (χ2n) is 6.67. The van der Waals surface area contributed by atoms with Crippen molar-refractivity contribution >= 4 is 27.7 Å². The SMILES string of the molecule is Cc1nn(C)c(NC(=O)c2ccc(C(C)C)cc2)c1-c1ccc(Br)cc1. The summed E-state index contributed by atoms with van der Waals surface area (Å²) in [6, 6.07) is 15.7. The van der Waals surface area contributed by atoms with Gasteiger partial charge < -0.3 is 5.32 Å². The van der Waals surface area contributed by atoms with Crippen LogP contribution in [0.25, 0.3) is 11.1 Å². The van der Waals surface area contributed by atoms with Crippen molar-refractivity contribution in [2.45, 2.75) is 26.7 Å². The summed E-state index contributed by atoms with van der Waals surface area (Å²) >= 11 is 3.46. The van der Waals surface area contributed by atoms with Crippen LogP contribution in [-0.2, 0) is 7.05 Å². The van der Waals surface area contributed by atoms with Crippen LogP contribution in [0.2, 0.25) is 0 Å². The molecule has 0 unspecified atom stereocenters. The van der Waals surface area contributed by atoms with E-state index in [4.69, 9.17) is 0 Å². The number of aromatic nitrogens is 2. The zero-order valence-corrected chi connectivity index (χ0v) is 17.0. The summed E-state index contributed by atoms with van der Waals surface area (Å²) in [5, 5.41) is 7.51. The van der Waals surface area contributed by atoms with Crippen LogP contribution in [0.5, 0.6) is 0 Å². The summed E-state index contributed by atoms with van der Waals surface area (Å²) in [4.78, 5) is 12.7. The van der Waals surface area contributed by atoms with E-state index < -0.39 is 0 Å². The van der Waals surface area contributed by atoms with Crippen molar-refractivity contribution in [3.8, 4) is 11.1 Å². The maximum absolute atomic E-state index is 12.7. The molecule has 0 saturated carbocycles. The molecule has 0 radical (unpaired) electrons. The zero-order chi connectivity index (χ0) is 18.8. The van der Waals surface area contributed by atoms with Crippen LogP contribution in [0.4, 0.5) is 5.82 Å². The highest BCUT2D eigenvalue weighted by molar-refractivity contribution is 9.10. The summed E-state index contributed by atoms with van der Waals surface area (Å²) in [7, 11) is 1.84. The number of nitrogens with zero attached hydrogens (tertiary/aromatic N) is 2. The molecule has 0 aliphatic heterocycles. The van der Waals surface area contributed by atoms with Crippen molar-refractivity contribution in [2.75, 3.05) is 5.32 Å². The molecule has 1 heterocycles. The molecule has 0 atom stereocenters. The normalized spacial score (nSPS) is 11.0. The van der Waals surface area contributed by atoms with E-state index in [9.17, 15) is 4.79 Å². The Bertz CT molecular complexity index is 925. The summed E-state index contributed by atoms with van der Waals surface area (Å²) in [5.74, 6) is 1.00. The fourth-order valence-corrected chi connectivity index (χ4v) is 3.23. The Kier molecular flexibility index (Phi) is 5.28. The molecular weight excluding hydrogens is 390 g/mol. The highest BCUT2D eigenvalue weighted by Crippen LogP contribution is 2.32. The molecule has 3 aromatic rings. The van der Waals surface area contributed by atoms with Gasteiger partial charge in [0.2, 0.25) is 0 Å². The molecule has 1 amide bonds. The number of hydrogen-bond donors (Lipinski definition) is 1. The van der Waals surface area contributed by atoms with Crippen LogP contribution in [0, 0.1) is 6.92 Å². The average Bonchev–Trinajstić information content (AvgIpc) is 2.89. The van der Waals surface area contributed by atoms with Gasteiger partial charge in [0.15, 0.2) is 0 Å². The van der Waals surface area contributed by atoms with E-state index >= 15 is 0 Å². The maximum Gasteiger partial charge on any atom is 0.256 e. The number of rotatable bonds is 4. The number of benzene rings is 2. The van der Waals surface area contributed by atoms with Crippen molar-refractivity contribution in [3.05, 3.63) is 69.8 Å². The quantitative estimate of drug-likeness (QED) is 0.612. The van der Waals surface area contributed by atoms with Gasteiger partial charge in [-0.15, -0.1) is 0 Å². The van der Waals surface area contributed by atoms with Crippen molar-refractivity contribution in [3.63, 3.8) is 0 Å². The lowest BCUT2D eigenvalue weighted by Crippen LogP contribution is -2.15. The molecule has 0 aliphatic carbocycles. The van der Waals surface area contributed by atoms with Gasteiger partial charge >= 0.3 is 0 Å². The topological polar surface area (TPSA) is 46.9 Å². The number of aryl methyl sites for hydroxylation is 2. The number of halogens is 1. The minimum Gasteiger partial charge on any atom is -0.306 e. The van der Waals surface area contributed by atoms with E-state index in [1.807, 2.05) is 62.5 Å². The molecule has 5 heteroatoms. The second-order valence-corrected chi connectivity index (χ2v) is 7.59. The van der Waals surface area contributed by atoms with Gasteiger partial charge in [0.05, 0.1) is 5.69 Å². The van der Waals surface area contributed by atoms with Gasteiger partial charge in [-0.25, -0.2) is 0 Å². The monoisotopic (exact) mass is 411 g/mol. The van der Waals surface area contributed by atoms with Crippen LogP contribution in [-0.4, -0.2) is 15.7 Å². The Morgan fingerprint density at radius 3 is 2.27 bits per heavy atom. The first-order valence-corrected chi connectivity index (χ1v) is 9.37. The predicted molar refractivity (Wildman–Crippen MR) is 110 cm³/mol. The van der Waals surface area contributed by atoms with E-state index in [1.54, 1.807) is 4.68 Å². The van der Waals surface area contributed by atoms with E-state index in [0.717, 1.165) is 21.3 Å². The van der Waals surface area contributed by atoms with Gasteiger partial charge in [-0.05, 0) is 48.2 Å². The van der Waals surface area contributed by atoms with Crippen LogP contribution in [0.15, 0.2) is 53.0 Å². The van der Waals surface area contributed by atoms with Crippen molar-refractivity contribution in [1.82, 2.24) is 9.78 Å². The van der Waals surface area contributed by atoms with Crippen LogP contribution in [0.3, 0.4) is 0 Å². The van der Waals surface area contributed by atoms with Gasteiger partial charge in [0.25, 0.3) is 5.91 Å². The van der Waals surface area contributed by atoms with Crippen molar-refractivity contribution in [1.29, 1.82) is 0 Å². The van der Waals surface area contributed by atoms with E-state index in [0.29, 0.717) is 17.3 Å². The number of hydrogen-bond acceptors (Lipinski definition) is 2. The van der Waals surface area contributed by atoms with Crippen LogP contribution >= 0.6 is 15.9 Å². The van der Waals surface area contributed by atoms with Crippen molar-refractivity contribution < 1.29 is 4.79 Å². The third kappa shape index (κ3) is 3.73. The molecule has 4 nitrogen and oxygen atoms in total. The minimum atomic E-state index is -0.137. The molecule has 3 rings (SSSR count). The fourth-order valence-electron chi connectivity index (χ4n) is 2.96. The van der Waals surface area contributed by atoms with Gasteiger partial charge in [0.1, 0.15) is 5.82 Å². The highest BCUT2D eigenvalue weighted by Gasteiger charge is 2.18. The smallest absolute Gasteiger partial charge is 0.256 e. The minimum absolute atomic E-state index is 0.137. The first-order valence-electron chi connectivity index (χ1n) is 8.57. The number of anilines is 1. The number of nitrogens with one attached hydrogen (secondary N) is 1. The van der Waals surface area contributed by atoms with E-state index in [1.165, 1.54) is 5.56 Å². The number of amides is 1. The number of carbonyl (C=O) groups is 1. The van der Waals surface area contributed by atoms with Crippen LogP contribution in [0.1, 0.15) is 41.4 Å². The van der Waals surface area contributed by atoms with Gasteiger partial charge in [-0.2, -0.15) is 5.10 Å². The molecule has 0 bridgehead atoms. The predicted octanol–water partition coefficient (Wildman–Crippen LogP) is 5.53. The summed E-state index contributed by atoms with van der Waals surface area (Å²) < 4.78 is 2.73. The van der Waals surface area contributed by atoms with Gasteiger partial charge in [-0.3, -0.25) is 9.48 Å².